The summed E-state index contributed by atoms with van der Waals surface area (Å²) in [5, 5.41) is 0. The topological polar surface area (TPSA) is 32.3 Å². The first-order valence-corrected chi connectivity index (χ1v) is 8.40. The van der Waals surface area contributed by atoms with Crippen molar-refractivity contribution < 1.29 is 8.78 Å². The molecule has 1 aliphatic heterocycles. The highest BCUT2D eigenvalue weighted by Crippen LogP contribution is 2.12. The molecule has 0 N–H and O–H groups in total. The molecule has 1 aliphatic rings. The predicted molar refractivity (Wildman–Crippen MR) is 90.0 cm³/mol. The largest absolute Gasteiger partial charge is 0.338 e. The summed E-state index contributed by atoms with van der Waals surface area (Å²) >= 11 is 0. The molecular formula is C18H22F2N4. The Bertz CT molecular complexity index is 622. The Morgan fingerprint density at radius 3 is 2.17 bits per heavy atom. The van der Waals surface area contributed by atoms with E-state index in [1.165, 1.54) is 30.1 Å². The quantitative estimate of drug-likeness (QED) is 0.762. The fourth-order valence-electron chi connectivity index (χ4n) is 2.96. The number of halogens is 2. The highest BCUT2D eigenvalue weighted by Gasteiger charge is 2.18. The van der Waals surface area contributed by atoms with Gasteiger partial charge in [0.05, 0.1) is 12.4 Å². The van der Waals surface area contributed by atoms with Crippen LogP contribution in [-0.4, -0.2) is 47.6 Å². The van der Waals surface area contributed by atoms with Crippen LogP contribution in [0.3, 0.4) is 0 Å². The summed E-state index contributed by atoms with van der Waals surface area (Å²) in [6.45, 7) is 4.74. The maximum atomic E-state index is 12.9. The van der Waals surface area contributed by atoms with Crippen LogP contribution in [0.15, 0.2) is 36.7 Å². The fraction of sp³-hybridized carbons (Fsp3) is 0.444. The molecule has 6 heteroatoms. The fourth-order valence-corrected chi connectivity index (χ4v) is 2.96. The highest BCUT2D eigenvalue weighted by atomic mass is 19.1. The van der Waals surface area contributed by atoms with E-state index in [0.29, 0.717) is 5.95 Å². The van der Waals surface area contributed by atoms with Crippen LogP contribution in [-0.2, 0) is 6.42 Å². The first-order valence-electron chi connectivity index (χ1n) is 8.40. The van der Waals surface area contributed by atoms with Crippen molar-refractivity contribution in [2.75, 3.05) is 37.6 Å². The van der Waals surface area contributed by atoms with E-state index in [1.54, 1.807) is 0 Å². The SMILES string of the molecule is Fc1ccc(CCCCN2CCN(c3ncc(F)cn3)CC2)cc1. The molecule has 3 rings (SSSR count). The van der Waals surface area contributed by atoms with E-state index in [2.05, 4.69) is 19.8 Å². The predicted octanol–water partition coefficient (Wildman–Crippen LogP) is 2.90. The van der Waals surface area contributed by atoms with Crippen LogP contribution in [0.5, 0.6) is 0 Å². The van der Waals surface area contributed by atoms with Crippen LogP contribution in [0.2, 0.25) is 0 Å². The van der Waals surface area contributed by atoms with Gasteiger partial charge in [0.25, 0.3) is 0 Å². The van der Waals surface area contributed by atoms with Crippen LogP contribution >= 0.6 is 0 Å². The molecule has 1 saturated heterocycles. The van der Waals surface area contributed by atoms with Gasteiger partial charge in [-0.1, -0.05) is 12.1 Å². The summed E-state index contributed by atoms with van der Waals surface area (Å²) in [7, 11) is 0. The monoisotopic (exact) mass is 332 g/mol. The van der Waals surface area contributed by atoms with Crippen molar-refractivity contribution in [3.05, 3.63) is 53.9 Å². The molecule has 128 valence electrons. The number of aromatic nitrogens is 2. The van der Waals surface area contributed by atoms with Crippen LogP contribution in [0, 0.1) is 11.6 Å². The zero-order valence-corrected chi connectivity index (χ0v) is 13.7. The minimum atomic E-state index is -0.404. The molecular weight excluding hydrogens is 310 g/mol. The van der Waals surface area contributed by atoms with E-state index in [-0.39, 0.29) is 5.82 Å². The normalized spacial score (nSPS) is 15.7. The molecule has 1 fully saturated rings. The Morgan fingerprint density at radius 2 is 1.50 bits per heavy atom. The van der Waals surface area contributed by atoms with Crippen molar-refractivity contribution in [3.63, 3.8) is 0 Å². The van der Waals surface area contributed by atoms with Crippen molar-refractivity contribution >= 4 is 5.95 Å². The van der Waals surface area contributed by atoms with E-state index in [0.717, 1.165) is 52.0 Å². The molecule has 24 heavy (non-hydrogen) atoms. The second kappa shape index (κ2) is 8.15. The minimum Gasteiger partial charge on any atom is -0.338 e. The van der Waals surface area contributed by atoms with Gasteiger partial charge in [-0.3, -0.25) is 4.90 Å². The first-order chi connectivity index (χ1) is 11.7. The summed E-state index contributed by atoms with van der Waals surface area (Å²) in [4.78, 5) is 12.6. The Morgan fingerprint density at radius 1 is 0.833 bits per heavy atom. The Hall–Kier alpha value is -2.08. The number of rotatable bonds is 6. The summed E-state index contributed by atoms with van der Waals surface area (Å²) in [5.41, 5.74) is 1.19. The smallest absolute Gasteiger partial charge is 0.225 e. The molecule has 0 bridgehead atoms. The first kappa shape index (κ1) is 16.8. The zero-order chi connectivity index (χ0) is 16.8. The number of anilines is 1. The molecule has 0 unspecified atom stereocenters. The van der Waals surface area contributed by atoms with Crippen LogP contribution in [0.4, 0.5) is 14.7 Å². The molecule has 0 atom stereocenters. The van der Waals surface area contributed by atoms with Crippen LogP contribution < -0.4 is 4.90 Å². The number of piperazine rings is 1. The lowest BCUT2D eigenvalue weighted by atomic mass is 10.1. The maximum absolute atomic E-state index is 12.9. The Balaban J connectivity index is 1.35. The molecule has 0 aliphatic carbocycles. The molecule has 0 spiro atoms. The van der Waals surface area contributed by atoms with Crippen molar-refractivity contribution in [1.82, 2.24) is 14.9 Å². The lowest BCUT2D eigenvalue weighted by Crippen LogP contribution is -2.47. The number of benzene rings is 1. The number of unbranched alkanes of at least 4 members (excludes halogenated alkanes) is 1. The highest BCUT2D eigenvalue weighted by molar-refractivity contribution is 5.29. The summed E-state index contributed by atoms with van der Waals surface area (Å²) < 4.78 is 25.7. The minimum absolute atomic E-state index is 0.179. The lowest BCUT2D eigenvalue weighted by molar-refractivity contribution is 0.252. The number of hydrogen-bond donors (Lipinski definition) is 0. The van der Waals surface area contributed by atoms with Gasteiger partial charge in [0.2, 0.25) is 5.95 Å². The van der Waals surface area contributed by atoms with Crippen molar-refractivity contribution in [2.24, 2.45) is 0 Å². The average Bonchev–Trinajstić information content (AvgIpc) is 2.62. The molecule has 4 nitrogen and oxygen atoms in total. The Labute approximate surface area is 141 Å². The number of nitrogens with zero attached hydrogens (tertiary/aromatic N) is 4. The van der Waals surface area contributed by atoms with Gasteiger partial charge in [0, 0.05) is 26.2 Å². The number of aryl methyl sites for hydroxylation is 1. The third-order valence-electron chi connectivity index (χ3n) is 4.36. The van der Waals surface area contributed by atoms with Gasteiger partial charge >= 0.3 is 0 Å². The maximum Gasteiger partial charge on any atom is 0.225 e. The third kappa shape index (κ3) is 4.71. The molecule has 0 amide bonds. The van der Waals surface area contributed by atoms with Crippen LogP contribution in [0.25, 0.3) is 0 Å². The average molecular weight is 332 g/mol. The molecule has 1 aromatic heterocycles. The van der Waals surface area contributed by atoms with E-state index in [1.807, 2.05) is 12.1 Å². The van der Waals surface area contributed by atoms with E-state index < -0.39 is 5.82 Å². The summed E-state index contributed by atoms with van der Waals surface area (Å²) in [5.74, 6) is 0.0210. The van der Waals surface area contributed by atoms with Crippen molar-refractivity contribution in [3.8, 4) is 0 Å². The second-order valence-electron chi connectivity index (χ2n) is 6.11. The van der Waals surface area contributed by atoms with Gasteiger partial charge < -0.3 is 4.90 Å². The third-order valence-corrected chi connectivity index (χ3v) is 4.36. The van der Waals surface area contributed by atoms with E-state index >= 15 is 0 Å². The molecule has 1 aromatic carbocycles. The number of hydrogen-bond acceptors (Lipinski definition) is 4. The van der Waals surface area contributed by atoms with Crippen molar-refractivity contribution in [2.45, 2.75) is 19.3 Å². The van der Waals surface area contributed by atoms with E-state index in [4.69, 9.17) is 0 Å². The molecule has 0 radical (unpaired) electrons. The van der Waals surface area contributed by atoms with Gasteiger partial charge in [0.1, 0.15) is 5.82 Å². The summed E-state index contributed by atoms with van der Waals surface area (Å²) in [6, 6.07) is 6.76. The zero-order valence-electron chi connectivity index (χ0n) is 13.7. The lowest BCUT2D eigenvalue weighted by Gasteiger charge is -2.34. The molecule has 0 saturated carbocycles. The Kier molecular flexibility index (Phi) is 5.69. The van der Waals surface area contributed by atoms with Gasteiger partial charge in [-0.15, -0.1) is 0 Å². The van der Waals surface area contributed by atoms with Crippen LogP contribution in [0.1, 0.15) is 18.4 Å². The van der Waals surface area contributed by atoms with Crippen molar-refractivity contribution in [1.29, 1.82) is 0 Å². The van der Waals surface area contributed by atoms with E-state index in [9.17, 15) is 8.78 Å². The van der Waals surface area contributed by atoms with Gasteiger partial charge in [-0.2, -0.15) is 0 Å². The molecule has 2 heterocycles. The second-order valence-corrected chi connectivity index (χ2v) is 6.11. The summed E-state index contributed by atoms with van der Waals surface area (Å²) in [6.07, 6.45) is 5.65. The van der Waals surface area contributed by atoms with Gasteiger partial charge in [-0.05, 0) is 43.5 Å². The van der Waals surface area contributed by atoms with Gasteiger partial charge in [-0.25, -0.2) is 18.7 Å². The van der Waals surface area contributed by atoms with Gasteiger partial charge in [0.15, 0.2) is 5.82 Å². The molecule has 2 aromatic rings. The standard InChI is InChI=1S/C18H22F2N4/c19-16-6-4-15(5-7-16)3-1-2-8-23-9-11-24(12-10-23)18-21-13-17(20)14-22-18/h4-7,13-14H,1-3,8-12H2.